The van der Waals surface area contributed by atoms with E-state index in [0.29, 0.717) is 16.9 Å². The molecule has 0 atom stereocenters. The van der Waals surface area contributed by atoms with Gasteiger partial charge in [0.15, 0.2) is 0 Å². The molecule has 0 aliphatic carbocycles. The van der Waals surface area contributed by atoms with Crippen molar-refractivity contribution in [2.75, 3.05) is 35.0 Å². The predicted molar refractivity (Wildman–Crippen MR) is 134 cm³/mol. The summed E-state index contributed by atoms with van der Waals surface area (Å²) in [4.78, 5) is 20.4. The van der Waals surface area contributed by atoms with E-state index in [4.69, 9.17) is 0 Å². The Morgan fingerprint density at radius 3 is 2.17 bits per heavy atom. The van der Waals surface area contributed by atoms with E-state index < -0.39 is 32.7 Å². The minimum absolute atomic E-state index is 0.0600. The molecule has 3 rings (SSSR count). The number of carbonyl (C=O) groups is 1. The molecule has 35 heavy (non-hydrogen) atoms. The van der Waals surface area contributed by atoms with Crippen LogP contribution in [0.15, 0.2) is 65.8 Å². The van der Waals surface area contributed by atoms with Crippen LogP contribution in [0.4, 0.5) is 17.3 Å². The molecular weight excluding hydrogens is 492 g/mol. The van der Waals surface area contributed by atoms with Gasteiger partial charge < -0.3 is 5.32 Å². The average molecular weight is 519 g/mol. The fourth-order valence-electron chi connectivity index (χ4n) is 3.06. The average Bonchev–Trinajstić information content (AvgIpc) is 2.80. The minimum Gasteiger partial charge on any atom is -0.325 e. The Morgan fingerprint density at radius 1 is 0.943 bits per heavy atom. The summed E-state index contributed by atoms with van der Waals surface area (Å²) in [6.45, 7) is 3.12. The number of sulfonamides is 1. The number of nitrogens with one attached hydrogen (secondary N) is 2. The monoisotopic (exact) mass is 518 g/mol. The molecule has 0 fully saturated rings. The summed E-state index contributed by atoms with van der Waals surface area (Å²) in [6.07, 6.45) is 2.81. The van der Waals surface area contributed by atoms with Crippen LogP contribution in [0.5, 0.6) is 0 Å². The molecule has 3 aromatic rings. The second-order valence-corrected chi connectivity index (χ2v) is 11.6. The van der Waals surface area contributed by atoms with Crippen LogP contribution in [0.2, 0.25) is 0 Å². The predicted octanol–water partition coefficient (Wildman–Crippen LogP) is 2.15. The lowest BCUT2D eigenvalue weighted by atomic mass is 10.1. The van der Waals surface area contributed by atoms with Gasteiger partial charge in [0.05, 0.1) is 10.6 Å². The molecule has 1 heterocycles. The van der Waals surface area contributed by atoms with E-state index in [1.54, 1.807) is 25.1 Å². The van der Waals surface area contributed by atoms with Crippen molar-refractivity contribution in [3.05, 3.63) is 72.1 Å². The highest BCUT2D eigenvalue weighted by molar-refractivity contribution is 7.92. The van der Waals surface area contributed by atoms with E-state index in [9.17, 15) is 21.6 Å². The highest BCUT2D eigenvalue weighted by Gasteiger charge is 2.28. The van der Waals surface area contributed by atoms with E-state index in [0.717, 1.165) is 14.2 Å². The fraction of sp³-hybridized carbons (Fsp3) is 0.227. The molecule has 0 saturated carbocycles. The van der Waals surface area contributed by atoms with Gasteiger partial charge in [-0.2, -0.15) is 12.7 Å². The summed E-state index contributed by atoms with van der Waals surface area (Å²) in [5.41, 5.74) is 2.23. The van der Waals surface area contributed by atoms with Crippen molar-refractivity contribution in [3.63, 3.8) is 0 Å². The summed E-state index contributed by atoms with van der Waals surface area (Å²) in [5.74, 6) is -0.665. The second kappa shape index (κ2) is 10.4. The molecule has 2 aromatic carbocycles. The van der Waals surface area contributed by atoms with Gasteiger partial charge in [-0.05, 0) is 61.4 Å². The lowest BCUT2D eigenvalue weighted by Crippen LogP contribution is -2.44. The lowest BCUT2D eigenvalue weighted by Gasteiger charge is -2.28. The van der Waals surface area contributed by atoms with Gasteiger partial charge in [-0.1, -0.05) is 12.1 Å². The minimum atomic E-state index is -3.97. The molecular formula is C22H26N6O5S2. The molecule has 0 saturated heterocycles. The zero-order valence-electron chi connectivity index (χ0n) is 19.6. The summed E-state index contributed by atoms with van der Waals surface area (Å²) in [7, 11) is -5.12. The number of hydrogen-bond donors (Lipinski definition) is 2. The number of hydrogen-bond acceptors (Lipinski definition) is 7. The van der Waals surface area contributed by atoms with Gasteiger partial charge in [0.25, 0.3) is 10.0 Å². The smallest absolute Gasteiger partial charge is 0.304 e. The van der Waals surface area contributed by atoms with E-state index in [1.807, 2.05) is 13.0 Å². The molecule has 0 radical (unpaired) electrons. The maximum absolute atomic E-state index is 13.0. The van der Waals surface area contributed by atoms with Crippen LogP contribution in [-0.4, -0.2) is 57.7 Å². The molecule has 1 amide bonds. The van der Waals surface area contributed by atoms with Gasteiger partial charge in [-0.25, -0.2) is 27.4 Å². The van der Waals surface area contributed by atoms with Crippen LogP contribution < -0.4 is 14.3 Å². The van der Waals surface area contributed by atoms with Crippen LogP contribution in [-0.2, 0) is 25.0 Å². The Kier molecular flexibility index (Phi) is 7.73. The van der Waals surface area contributed by atoms with Gasteiger partial charge >= 0.3 is 10.2 Å². The molecule has 11 nitrogen and oxygen atoms in total. The van der Waals surface area contributed by atoms with Crippen LogP contribution >= 0.6 is 0 Å². The van der Waals surface area contributed by atoms with E-state index in [1.165, 1.54) is 50.8 Å². The van der Waals surface area contributed by atoms with Crippen molar-refractivity contribution in [3.8, 4) is 0 Å². The topological polar surface area (TPSA) is 142 Å². The Labute approximate surface area is 205 Å². The molecule has 0 aliphatic heterocycles. The SMILES string of the molecule is Cc1ccc(C)c(N(CC(=O)Nc2ccc(S(=O)(=O)Nc3ncccn3)cc2)S(=O)(=O)N(C)C)c1. The maximum Gasteiger partial charge on any atom is 0.304 e. The van der Waals surface area contributed by atoms with Crippen LogP contribution in [0, 0.1) is 13.8 Å². The van der Waals surface area contributed by atoms with Gasteiger partial charge in [0, 0.05) is 32.2 Å². The third-order valence-corrected chi connectivity index (χ3v) is 8.05. The molecule has 0 unspecified atom stereocenters. The summed E-state index contributed by atoms with van der Waals surface area (Å²) >= 11 is 0. The summed E-state index contributed by atoms with van der Waals surface area (Å²) in [6, 6.07) is 12.3. The van der Waals surface area contributed by atoms with Crippen LogP contribution in [0.3, 0.4) is 0 Å². The molecule has 186 valence electrons. The van der Waals surface area contributed by atoms with Gasteiger partial charge in [-0.15, -0.1) is 0 Å². The number of amides is 1. The molecule has 0 spiro atoms. The first-order chi connectivity index (χ1) is 16.4. The summed E-state index contributed by atoms with van der Waals surface area (Å²) in [5, 5.41) is 2.61. The number of benzene rings is 2. The zero-order valence-corrected chi connectivity index (χ0v) is 21.3. The van der Waals surface area contributed by atoms with Gasteiger partial charge in [0.2, 0.25) is 11.9 Å². The number of aromatic nitrogens is 2. The first-order valence-corrected chi connectivity index (χ1v) is 13.3. The molecule has 2 N–H and O–H groups in total. The van der Waals surface area contributed by atoms with Crippen LogP contribution in [0.25, 0.3) is 0 Å². The molecule has 0 bridgehead atoms. The number of nitrogens with zero attached hydrogens (tertiary/aromatic N) is 4. The largest absolute Gasteiger partial charge is 0.325 e. The van der Waals surface area contributed by atoms with E-state index >= 15 is 0 Å². The number of carbonyl (C=O) groups excluding carboxylic acids is 1. The quantitative estimate of drug-likeness (QED) is 0.442. The Bertz CT molecular complexity index is 1410. The normalized spacial score (nSPS) is 11.8. The first kappa shape index (κ1) is 26.1. The standard InChI is InChI=1S/C22H26N6O5S2/c1-16-6-7-17(2)20(14-16)28(35(32,33)27(3)4)15-21(29)25-18-8-10-19(11-9-18)34(30,31)26-22-23-12-5-13-24-22/h5-14H,15H2,1-4H3,(H,25,29)(H,23,24,26). The van der Waals surface area contributed by atoms with Gasteiger partial charge in [0.1, 0.15) is 6.54 Å². The molecule has 0 aliphatic rings. The van der Waals surface area contributed by atoms with Gasteiger partial charge in [-0.3, -0.25) is 4.79 Å². The Morgan fingerprint density at radius 2 is 1.57 bits per heavy atom. The number of anilines is 3. The van der Waals surface area contributed by atoms with Crippen molar-refractivity contribution in [1.82, 2.24) is 14.3 Å². The molecule has 1 aromatic heterocycles. The first-order valence-electron chi connectivity index (χ1n) is 10.4. The number of rotatable bonds is 9. The van der Waals surface area contributed by atoms with Crippen molar-refractivity contribution in [2.45, 2.75) is 18.7 Å². The van der Waals surface area contributed by atoms with Crippen LogP contribution in [0.1, 0.15) is 11.1 Å². The molecule has 13 heteroatoms. The van der Waals surface area contributed by atoms with Crippen molar-refractivity contribution in [1.29, 1.82) is 0 Å². The fourth-order valence-corrected chi connectivity index (χ4v) is 5.13. The highest BCUT2D eigenvalue weighted by atomic mass is 32.2. The Hall–Kier alpha value is -3.55. The Balaban J connectivity index is 1.78. The van der Waals surface area contributed by atoms with E-state index in [2.05, 4.69) is 20.0 Å². The van der Waals surface area contributed by atoms with Crippen molar-refractivity contribution < 1.29 is 21.6 Å². The van der Waals surface area contributed by atoms with E-state index in [-0.39, 0.29) is 10.8 Å². The number of aryl methyl sites for hydroxylation is 2. The summed E-state index contributed by atoms with van der Waals surface area (Å²) < 4.78 is 55.3. The zero-order chi connectivity index (χ0) is 25.8. The maximum atomic E-state index is 13.0. The van der Waals surface area contributed by atoms with Crippen molar-refractivity contribution in [2.24, 2.45) is 0 Å². The van der Waals surface area contributed by atoms with Crippen molar-refractivity contribution >= 4 is 43.5 Å². The second-order valence-electron chi connectivity index (χ2n) is 7.84. The third-order valence-electron chi connectivity index (χ3n) is 4.90. The lowest BCUT2D eigenvalue weighted by molar-refractivity contribution is -0.114. The highest BCUT2D eigenvalue weighted by Crippen LogP contribution is 2.25. The third kappa shape index (κ3) is 6.32.